The smallest absolute Gasteiger partial charge is 0.307 e. The molecule has 4 aromatic rings. The van der Waals surface area contributed by atoms with Crippen LogP contribution in [0.15, 0.2) is 37.4 Å². The maximum atomic E-state index is 13.1. The molecule has 10 heteroatoms. The van der Waals surface area contributed by atoms with E-state index in [4.69, 9.17) is 9.97 Å². The fourth-order valence-electron chi connectivity index (χ4n) is 8.01. The van der Waals surface area contributed by atoms with Crippen molar-refractivity contribution in [1.29, 1.82) is 0 Å². The van der Waals surface area contributed by atoms with Gasteiger partial charge in [-0.15, -0.1) is 0 Å². The topological polar surface area (TPSA) is 120 Å². The van der Waals surface area contributed by atoms with E-state index < -0.39 is 0 Å². The Kier molecular flexibility index (Phi) is 6.03. The average molecular weight is 577 g/mol. The zero-order valence-electron chi connectivity index (χ0n) is 24.7. The van der Waals surface area contributed by atoms with Gasteiger partial charge in [-0.05, 0) is 98.3 Å². The maximum absolute atomic E-state index is 13.1. The lowest BCUT2D eigenvalue weighted by Gasteiger charge is -2.20. The van der Waals surface area contributed by atoms with Crippen LogP contribution in [0, 0.1) is 11.8 Å². The molecule has 0 saturated carbocycles. The van der Waals surface area contributed by atoms with Crippen LogP contribution in [-0.4, -0.2) is 41.1 Å². The van der Waals surface area contributed by atoms with Crippen LogP contribution >= 0.6 is 0 Å². The van der Waals surface area contributed by atoms with Crippen molar-refractivity contribution in [2.75, 3.05) is 10.6 Å². The zero-order valence-corrected chi connectivity index (χ0v) is 24.7. The summed E-state index contributed by atoms with van der Waals surface area (Å²) in [5.41, 5.74) is 11.3. The number of amides is 2. The van der Waals surface area contributed by atoms with Crippen molar-refractivity contribution < 1.29 is 9.59 Å². The Bertz CT molecular complexity index is 1760. The summed E-state index contributed by atoms with van der Waals surface area (Å²) in [6.07, 6.45) is 19.4. The molecule has 4 aromatic heterocycles. The molecule has 0 saturated heterocycles. The van der Waals surface area contributed by atoms with Crippen LogP contribution in [0.3, 0.4) is 0 Å². The number of aromatic nitrogens is 6. The lowest BCUT2D eigenvalue weighted by molar-refractivity contribution is 0.252. The van der Waals surface area contributed by atoms with E-state index in [0.717, 1.165) is 98.4 Å². The Morgan fingerprint density at radius 1 is 0.767 bits per heavy atom. The Hall–Kier alpha value is -4.34. The van der Waals surface area contributed by atoms with Gasteiger partial charge < -0.3 is 10.6 Å². The Labute approximate surface area is 250 Å². The minimum absolute atomic E-state index is 0.00630. The molecule has 0 aliphatic heterocycles. The third kappa shape index (κ3) is 4.46. The van der Waals surface area contributed by atoms with Crippen molar-refractivity contribution in [2.24, 2.45) is 11.8 Å². The van der Waals surface area contributed by atoms with Gasteiger partial charge in [0.15, 0.2) is 0 Å². The highest BCUT2D eigenvalue weighted by molar-refractivity contribution is 5.94. The predicted molar refractivity (Wildman–Crippen MR) is 162 cm³/mol. The van der Waals surface area contributed by atoms with Crippen LogP contribution in [-0.2, 0) is 50.4 Å². The Balaban J connectivity index is 1.05. The van der Waals surface area contributed by atoms with Crippen LogP contribution in [0.25, 0.3) is 0 Å². The summed E-state index contributed by atoms with van der Waals surface area (Å²) in [5, 5.41) is 6.49. The molecule has 0 spiro atoms. The molecule has 43 heavy (non-hydrogen) atoms. The average Bonchev–Trinajstić information content (AvgIpc) is 3.82. The molecule has 10 nitrogen and oxygen atoms in total. The molecule has 2 atom stereocenters. The molecule has 0 radical (unpaired) electrons. The lowest BCUT2D eigenvalue weighted by Crippen LogP contribution is -2.21. The van der Waals surface area contributed by atoms with E-state index in [2.05, 4.69) is 34.4 Å². The van der Waals surface area contributed by atoms with E-state index in [1.165, 1.54) is 44.0 Å². The van der Waals surface area contributed by atoms with E-state index in [0.29, 0.717) is 11.8 Å². The summed E-state index contributed by atoms with van der Waals surface area (Å²) in [6.45, 7) is 4.52. The minimum atomic E-state index is -0.183. The molecule has 4 aliphatic carbocycles. The number of carbonyl (C=O) groups is 2. The van der Waals surface area contributed by atoms with Gasteiger partial charge >= 0.3 is 12.1 Å². The first-order chi connectivity index (χ1) is 20.8. The van der Waals surface area contributed by atoms with Gasteiger partial charge in [0.05, 0.1) is 17.1 Å². The lowest BCUT2D eigenvalue weighted by atomic mass is 9.90. The summed E-state index contributed by atoms with van der Waals surface area (Å²) in [5.74, 6) is 0.910. The number of carbonyl (C=O) groups excluding carboxylic acids is 2. The fraction of sp³-hybridized carbons (Fsp3) is 0.455. The minimum Gasteiger partial charge on any atom is -0.307 e. The number of nitrogens with zero attached hydrogens (tertiary/aromatic N) is 6. The molecular formula is C33H36N8O2. The number of hydrogen-bond acceptors (Lipinski definition) is 6. The first kappa shape index (κ1) is 26.3. The molecule has 4 aliphatic rings. The summed E-state index contributed by atoms with van der Waals surface area (Å²) >= 11 is 0. The van der Waals surface area contributed by atoms with E-state index in [1.807, 2.05) is 0 Å². The molecular weight excluding hydrogens is 540 g/mol. The van der Waals surface area contributed by atoms with Crippen molar-refractivity contribution >= 4 is 23.4 Å². The molecule has 8 rings (SSSR count). The number of imidazole rings is 2. The van der Waals surface area contributed by atoms with Crippen LogP contribution in [0.2, 0.25) is 0 Å². The first-order valence-electron chi connectivity index (χ1n) is 15.5. The number of fused-ring (bicyclic) bond motifs is 4. The number of pyridine rings is 2. The van der Waals surface area contributed by atoms with Gasteiger partial charge in [0.1, 0.15) is 12.7 Å². The van der Waals surface area contributed by atoms with Gasteiger partial charge in [0.25, 0.3) is 0 Å². The number of anilines is 2. The molecule has 220 valence electrons. The van der Waals surface area contributed by atoms with Gasteiger partial charge in [-0.2, -0.15) is 0 Å². The highest BCUT2D eigenvalue weighted by atomic mass is 16.2. The van der Waals surface area contributed by atoms with Gasteiger partial charge in [-0.25, -0.2) is 19.6 Å². The predicted octanol–water partition coefficient (Wildman–Crippen LogP) is 5.26. The molecule has 0 bridgehead atoms. The van der Waals surface area contributed by atoms with E-state index in [-0.39, 0.29) is 17.5 Å². The van der Waals surface area contributed by atoms with Crippen LogP contribution in [0.1, 0.15) is 78.1 Å². The van der Waals surface area contributed by atoms with Crippen LogP contribution in [0.5, 0.6) is 0 Å². The van der Waals surface area contributed by atoms with Gasteiger partial charge in [-0.1, -0.05) is 13.8 Å². The molecule has 2 unspecified atom stereocenters. The van der Waals surface area contributed by atoms with Crippen LogP contribution in [0.4, 0.5) is 21.0 Å². The Morgan fingerprint density at radius 2 is 1.37 bits per heavy atom. The summed E-state index contributed by atoms with van der Waals surface area (Å²) in [6, 6.07) is -0.362. The number of hydrogen-bond donors (Lipinski definition) is 2. The first-order valence-corrected chi connectivity index (χ1v) is 15.5. The van der Waals surface area contributed by atoms with E-state index >= 15 is 0 Å². The van der Waals surface area contributed by atoms with Gasteiger partial charge in [-0.3, -0.25) is 19.1 Å². The molecule has 2 N–H and O–H groups in total. The standard InChI is InChI=1S/C33H36N8O2/c1-33(2)7-6-22-29(39-32(43)41-11-9-35-18-41)24-14-20(16-27(24)37-30(22)33)12-19-13-23-26(15-19)36-25-5-3-4-21(25)28(23)38-31(42)40-10-8-34-17-40/h8-11,17-20H,3-7,12-16H2,1-2H3,(H,36,38,42)(H,37,39,43). The molecule has 4 heterocycles. The maximum Gasteiger partial charge on any atom is 0.331 e. The third-order valence-corrected chi connectivity index (χ3v) is 10.1. The second kappa shape index (κ2) is 9.86. The zero-order chi connectivity index (χ0) is 29.3. The number of nitrogens with one attached hydrogen (secondary N) is 2. The van der Waals surface area contributed by atoms with E-state index in [1.54, 1.807) is 24.8 Å². The van der Waals surface area contributed by atoms with Crippen LogP contribution < -0.4 is 10.6 Å². The molecule has 0 fully saturated rings. The van der Waals surface area contributed by atoms with Gasteiger partial charge in [0.2, 0.25) is 0 Å². The highest BCUT2D eigenvalue weighted by Crippen LogP contribution is 2.47. The highest BCUT2D eigenvalue weighted by Gasteiger charge is 2.39. The summed E-state index contributed by atoms with van der Waals surface area (Å²) in [4.78, 5) is 44.6. The second-order valence-corrected chi connectivity index (χ2v) is 13.4. The number of aryl methyl sites for hydroxylation is 1. The van der Waals surface area contributed by atoms with Crippen molar-refractivity contribution in [3.05, 3.63) is 82.5 Å². The van der Waals surface area contributed by atoms with Crippen molar-refractivity contribution in [3.63, 3.8) is 0 Å². The monoisotopic (exact) mass is 576 g/mol. The van der Waals surface area contributed by atoms with E-state index in [9.17, 15) is 9.59 Å². The summed E-state index contributed by atoms with van der Waals surface area (Å²) in [7, 11) is 0. The molecule has 2 amide bonds. The molecule has 0 aromatic carbocycles. The third-order valence-electron chi connectivity index (χ3n) is 10.1. The summed E-state index contributed by atoms with van der Waals surface area (Å²) < 4.78 is 2.99. The SMILES string of the molecule is CC1(C)CCc2c1nc1c(c2NC(=O)n2ccnc2)CC(CC2Cc3nc4c(c(NC(=O)n5ccnc5)c3C2)CCC4)C1. The normalized spacial score (nSPS) is 20.9. The second-order valence-electron chi connectivity index (χ2n) is 13.4. The van der Waals surface area contributed by atoms with Crippen molar-refractivity contribution in [2.45, 2.75) is 83.5 Å². The van der Waals surface area contributed by atoms with Crippen molar-refractivity contribution in [3.8, 4) is 0 Å². The van der Waals surface area contributed by atoms with Gasteiger partial charge in [0, 0.05) is 47.3 Å². The quantitative estimate of drug-likeness (QED) is 0.342. The largest absolute Gasteiger partial charge is 0.331 e. The van der Waals surface area contributed by atoms with Crippen molar-refractivity contribution in [1.82, 2.24) is 29.1 Å². The Morgan fingerprint density at radius 3 is 1.98 bits per heavy atom. The number of rotatable bonds is 4. The fourth-order valence-corrected chi connectivity index (χ4v) is 8.01.